The molecule has 156 valence electrons. The van der Waals surface area contributed by atoms with Gasteiger partial charge < -0.3 is 15.3 Å². The monoisotopic (exact) mass is 415 g/mol. The molecule has 29 heavy (non-hydrogen) atoms. The molecule has 0 aliphatic carbocycles. The zero-order valence-corrected chi connectivity index (χ0v) is 17.9. The second kappa shape index (κ2) is 9.98. The second-order valence-electron chi connectivity index (χ2n) is 7.86. The van der Waals surface area contributed by atoms with E-state index in [-0.39, 0.29) is 36.8 Å². The fraction of sp³-hybridized carbons (Fsp3) is 0.500. The molecule has 0 radical (unpaired) electrons. The molecule has 2 amide bonds. The molecule has 1 fully saturated rings. The molecule has 2 heterocycles. The summed E-state index contributed by atoms with van der Waals surface area (Å²) in [5.74, 6) is 0.0596. The number of amides is 2. The lowest BCUT2D eigenvalue weighted by atomic mass is 10.0. The molecule has 1 aromatic carbocycles. The molecule has 0 saturated carbocycles. The number of likely N-dealkylation sites (tertiary alicyclic amines) is 1. The molecule has 1 aliphatic rings. The van der Waals surface area contributed by atoms with Crippen LogP contribution in [-0.4, -0.2) is 39.9 Å². The van der Waals surface area contributed by atoms with E-state index in [4.69, 9.17) is 5.11 Å². The van der Waals surface area contributed by atoms with Gasteiger partial charge in [0, 0.05) is 18.5 Å². The Bertz CT molecular complexity index is 826. The average molecular weight is 416 g/mol. The smallest absolute Gasteiger partial charge is 0.273 e. The summed E-state index contributed by atoms with van der Waals surface area (Å²) in [4.78, 5) is 31.7. The molecule has 0 unspecified atom stereocenters. The van der Waals surface area contributed by atoms with Crippen molar-refractivity contribution in [1.29, 1.82) is 0 Å². The molecule has 7 heteroatoms. The number of aliphatic hydroxyl groups excluding tert-OH is 1. The summed E-state index contributed by atoms with van der Waals surface area (Å²) in [6.07, 6.45) is 3.54. The highest BCUT2D eigenvalue weighted by Gasteiger charge is 2.25. The van der Waals surface area contributed by atoms with Crippen LogP contribution in [0.15, 0.2) is 29.6 Å². The SMILES string of the molecule is CC(C)[C@H](NC(=O)Cc1ccc(CO)cc1)c1nc(C(=O)N2CCCCC2)cs1. The Balaban J connectivity index is 1.65. The van der Waals surface area contributed by atoms with Crippen LogP contribution in [0.2, 0.25) is 0 Å². The largest absolute Gasteiger partial charge is 0.392 e. The van der Waals surface area contributed by atoms with Gasteiger partial charge in [0.25, 0.3) is 5.91 Å². The number of carbonyl (C=O) groups is 2. The number of carbonyl (C=O) groups excluding carboxylic acids is 2. The molecule has 2 N–H and O–H groups in total. The van der Waals surface area contributed by atoms with Crippen molar-refractivity contribution < 1.29 is 14.7 Å². The summed E-state index contributed by atoms with van der Waals surface area (Å²) < 4.78 is 0. The summed E-state index contributed by atoms with van der Waals surface area (Å²) >= 11 is 1.43. The van der Waals surface area contributed by atoms with Crippen molar-refractivity contribution in [2.75, 3.05) is 13.1 Å². The number of nitrogens with zero attached hydrogens (tertiary/aromatic N) is 2. The molecule has 3 rings (SSSR count). The number of benzene rings is 1. The summed E-state index contributed by atoms with van der Waals surface area (Å²) in [5.41, 5.74) is 2.19. The molecule has 2 aromatic rings. The number of hydrogen-bond donors (Lipinski definition) is 2. The first-order chi connectivity index (χ1) is 14.0. The molecule has 1 aromatic heterocycles. The van der Waals surface area contributed by atoms with Gasteiger partial charge in [-0.3, -0.25) is 9.59 Å². The Kier molecular flexibility index (Phi) is 7.39. The van der Waals surface area contributed by atoms with Crippen LogP contribution < -0.4 is 5.32 Å². The number of piperidine rings is 1. The van der Waals surface area contributed by atoms with Crippen LogP contribution in [0, 0.1) is 5.92 Å². The molecular weight excluding hydrogens is 386 g/mol. The Morgan fingerprint density at radius 3 is 2.41 bits per heavy atom. The molecule has 0 spiro atoms. The maximum atomic E-state index is 12.7. The van der Waals surface area contributed by atoms with Crippen molar-refractivity contribution in [2.45, 2.75) is 52.2 Å². The highest BCUT2D eigenvalue weighted by Crippen LogP contribution is 2.26. The van der Waals surface area contributed by atoms with Crippen LogP contribution in [0.5, 0.6) is 0 Å². The van der Waals surface area contributed by atoms with E-state index in [0.717, 1.165) is 42.1 Å². The topological polar surface area (TPSA) is 82.5 Å². The van der Waals surface area contributed by atoms with Gasteiger partial charge in [0.15, 0.2) is 0 Å². The van der Waals surface area contributed by atoms with E-state index >= 15 is 0 Å². The van der Waals surface area contributed by atoms with Gasteiger partial charge in [-0.25, -0.2) is 4.98 Å². The van der Waals surface area contributed by atoms with Gasteiger partial charge in [-0.05, 0) is 36.3 Å². The van der Waals surface area contributed by atoms with Crippen molar-refractivity contribution in [2.24, 2.45) is 5.92 Å². The maximum absolute atomic E-state index is 12.7. The molecule has 0 bridgehead atoms. The third kappa shape index (κ3) is 5.64. The summed E-state index contributed by atoms with van der Waals surface area (Å²) in [5, 5.41) is 14.8. The zero-order chi connectivity index (χ0) is 20.8. The van der Waals surface area contributed by atoms with E-state index in [1.54, 1.807) is 5.38 Å². The molecule has 1 saturated heterocycles. The molecule has 1 atom stereocenters. The van der Waals surface area contributed by atoms with Crippen molar-refractivity contribution in [3.63, 3.8) is 0 Å². The standard InChI is InChI=1S/C22H29N3O3S/c1-15(2)20(24-19(27)12-16-6-8-17(13-26)9-7-16)21-23-18(14-29-21)22(28)25-10-4-3-5-11-25/h6-9,14-15,20,26H,3-5,10-13H2,1-2H3,(H,24,27)/t20-/m0/s1. The predicted octanol–water partition coefficient (Wildman–Crippen LogP) is 3.32. The third-order valence-corrected chi connectivity index (χ3v) is 6.13. The van der Waals surface area contributed by atoms with Gasteiger partial charge >= 0.3 is 0 Å². The summed E-state index contributed by atoms with van der Waals surface area (Å²) in [7, 11) is 0. The normalized spacial score (nSPS) is 15.4. The van der Waals surface area contributed by atoms with E-state index in [1.807, 2.05) is 43.0 Å². The zero-order valence-electron chi connectivity index (χ0n) is 17.1. The minimum Gasteiger partial charge on any atom is -0.392 e. The van der Waals surface area contributed by atoms with Gasteiger partial charge in [0.05, 0.1) is 19.1 Å². The lowest BCUT2D eigenvalue weighted by molar-refractivity contribution is -0.121. The van der Waals surface area contributed by atoms with E-state index in [2.05, 4.69) is 10.3 Å². The molecule has 6 nitrogen and oxygen atoms in total. The van der Waals surface area contributed by atoms with Crippen molar-refractivity contribution >= 4 is 23.2 Å². The van der Waals surface area contributed by atoms with Crippen molar-refractivity contribution in [1.82, 2.24) is 15.2 Å². The average Bonchev–Trinajstić information content (AvgIpc) is 3.22. The number of nitrogens with one attached hydrogen (secondary N) is 1. The van der Waals surface area contributed by atoms with Gasteiger partial charge in [-0.1, -0.05) is 38.1 Å². The van der Waals surface area contributed by atoms with Crippen LogP contribution in [-0.2, 0) is 17.8 Å². The summed E-state index contributed by atoms with van der Waals surface area (Å²) in [6.45, 7) is 5.66. The van der Waals surface area contributed by atoms with E-state index in [9.17, 15) is 9.59 Å². The van der Waals surface area contributed by atoms with Crippen LogP contribution in [0.4, 0.5) is 0 Å². The van der Waals surface area contributed by atoms with Crippen molar-refractivity contribution in [3.05, 3.63) is 51.5 Å². The number of hydrogen-bond acceptors (Lipinski definition) is 5. The van der Waals surface area contributed by atoms with E-state index in [0.29, 0.717) is 5.69 Å². The fourth-order valence-corrected chi connectivity index (χ4v) is 4.49. The Morgan fingerprint density at radius 2 is 1.79 bits per heavy atom. The van der Waals surface area contributed by atoms with Gasteiger partial charge in [0.1, 0.15) is 10.7 Å². The molecule has 1 aliphatic heterocycles. The first kappa shape index (κ1) is 21.5. The second-order valence-corrected chi connectivity index (χ2v) is 8.75. The van der Waals surface area contributed by atoms with Crippen molar-refractivity contribution in [3.8, 4) is 0 Å². The quantitative estimate of drug-likeness (QED) is 0.727. The lowest BCUT2D eigenvalue weighted by Gasteiger charge is -2.26. The van der Waals surface area contributed by atoms with Crippen LogP contribution >= 0.6 is 11.3 Å². The number of rotatable bonds is 7. The van der Waals surface area contributed by atoms with Crippen LogP contribution in [0.25, 0.3) is 0 Å². The Hall–Kier alpha value is -2.25. The summed E-state index contributed by atoms with van der Waals surface area (Å²) in [6, 6.07) is 7.12. The number of aliphatic hydroxyl groups is 1. The van der Waals surface area contributed by atoms with Gasteiger partial charge in [0.2, 0.25) is 5.91 Å². The number of aromatic nitrogens is 1. The predicted molar refractivity (Wildman–Crippen MR) is 114 cm³/mol. The van der Waals surface area contributed by atoms with Crippen LogP contribution in [0.1, 0.15) is 65.8 Å². The highest BCUT2D eigenvalue weighted by molar-refractivity contribution is 7.09. The lowest BCUT2D eigenvalue weighted by Crippen LogP contribution is -2.36. The maximum Gasteiger partial charge on any atom is 0.273 e. The van der Waals surface area contributed by atoms with E-state index in [1.165, 1.54) is 17.8 Å². The minimum absolute atomic E-state index is 0.00925. The first-order valence-corrected chi connectivity index (χ1v) is 11.1. The fourth-order valence-electron chi connectivity index (χ4n) is 3.47. The number of thiazole rings is 1. The highest BCUT2D eigenvalue weighted by atomic mass is 32.1. The first-order valence-electron chi connectivity index (χ1n) is 10.2. The van der Waals surface area contributed by atoms with Gasteiger partial charge in [-0.15, -0.1) is 11.3 Å². The van der Waals surface area contributed by atoms with E-state index < -0.39 is 0 Å². The van der Waals surface area contributed by atoms with Crippen LogP contribution in [0.3, 0.4) is 0 Å². The Morgan fingerprint density at radius 1 is 1.14 bits per heavy atom. The molecular formula is C22H29N3O3S. The minimum atomic E-state index is -0.230. The third-order valence-electron chi connectivity index (χ3n) is 5.20. The van der Waals surface area contributed by atoms with Gasteiger partial charge in [-0.2, -0.15) is 0 Å². The Labute approximate surface area is 176 Å².